The Morgan fingerprint density at radius 3 is 2.47 bits per heavy atom. The van der Waals surface area contributed by atoms with Gasteiger partial charge in [-0.05, 0) is 61.9 Å². The molecule has 8 heteroatoms. The molecule has 0 bridgehead atoms. The molecule has 6 nitrogen and oxygen atoms in total. The van der Waals surface area contributed by atoms with Crippen molar-refractivity contribution in [3.8, 4) is 11.4 Å². The first-order valence-corrected chi connectivity index (χ1v) is 11.0. The number of halogens is 2. The van der Waals surface area contributed by atoms with Gasteiger partial charge >= 0.3 is 6.03 Å². The maximum absolute atomic E-state index is 13.6. The van der Waals surface area contributed by atoms with Crippen LogP contribution in [-0.4, -0.2) is 16.2 Å². The highest BCUT2D eigenvalue weighted by molar-refractivity contribution is 6.30. The molecular weight excluding hydrogens is 455 g/mol. The van der Waals surface area contributed by atoms with Crippen LogP contribution in [0.3, 0.4) is 0 Å². The molecule has 2 heterocycles. The van der Waals surface area contributed by atoms with Crippen LogP contribution in [0.1, 0.15) is 30.0 Å². The molecule has 1 atom stereocenters. The van der Waals surface area contributed by atoms with E-state index in [1.807, 2.05) is 38.1 Å². The Kier molecular flexibility index (Phi) is 5.63. The molecule has 0 aliphatic carbocycles. The predicted molar refractivity (Wildman–Crippen MR) is 129 cm³/mol. The van der Waals surface area contributed by atoms with Crippen molar-refractivity contribution in [2.75, 3.05) is 4.90 Å². The van der Waals surface area contributed by atoms with Crippen molar-refractivity contribution in [2.24, 2.45) is 0 Å². The summed E-state index contributed by atoms with van der Waals surface area (Å²) in [6.07, 6.45) is 0. The number of carbonyl (C=O) groups excluding carboxylic acids is 1. The van der Waals surface area contributed by atoms with E-state index in [9.17, 15) is 9.18 Å². The van der Waals surface area contributed by atoms with Gasteiger partial charge in [0.1, 0.15) is 5.82 Å². The molecule has 1 aliphatic heterocycles. The SMILES string of the molecule is CC1=C(c2nc(-c3cccc(C)c3)no2)C(c2ccc(F)cc2)NC(=O)N1c1ccc(Cl)cc1. The standard InChI is InChI=1S/C26H20ClFN4O2/c1-15-4-3-5-18(14-15)24-30-25(34-31-24)22-16(2)32(21-12-8-19(27)9-13-21)26(33)29-23(22)17-6-10-20(28)11-7-17/h3-14,23H,1-2H3,(H,29,33). The fraction of sp³-hybridized carbons (Fsp3) is 0.115. The van der Waals surface area contributed by atoms with Crippen LogP contribution in [0, 0.1) is 12.7 Å². The molecular formula is C26H20ClFN4O2. The minimum atomic E-state index is -0.609. The topological polar surface area (TPSA) is 71.3 Å². The Morgan fingerprint density at radius 2 is 1.76 bits per heavy atom. The van der Waals surface area contributed by atoms with Crippen LogP contribution in [0.4, 0.5) is 14.9 Å². The highest BCUT2D eigenvalue weighted by Crippen LogP contribution is 2.39. The van der Waals surface area contributed by atoms with Crippen LogP contribution in [-0.2, 0) is 0 Å². The molecule has 170 valence electrons. The Bertz CT molecular complexity index is 1400. The van der Waals surface area contributed by atoms with E-state index in [0.717, 1.165) is 11.1 Å². The quantitative estimate of drug-likeness (QED) is 0.364. The summed E-state index contributed by atoms with van der Waals surface area (Å²) in [6, 6.07) is 19.7. The van der Waals surface area contributed by atoms with Crippen molar-refractivity contribution in [1.29, 1.82) is 0 Å². The van der Waals surface area contributed by atoms with Gasteiger partial charge in [0.25, 0.3) is 5.89 Å². The van der Waals surface area contributed by atoms with E-state index in [0.29, 0.717) is 33.4 Å². The number of nitrogens with one attached hydrogen (secondary N) is 1. The number of anilines is 1. The minimum absolute atomic E-state index is 0.266. The highest BCUT2D eigenvalue weighted by atomic mass is 35.5. The van der Waals surface area contributed by atoms with Gasteiger partial charge in [-0.3, -0.25) is 4.90 Å². The maximum Gasteiger partial charge on any atom is 0.326 e. The lowest BCUT2D eigenvalue weighted by Gasteiger charge is -2.35. The smallest absolute Gasteiger partial charge is 0.326 e. The number of carbonyl (C=O) groups is 1. The van der Waals surface area contributed by atoms with Crippen molar-refractivity contribution in [1.82, 2.24) is 15.5 Å². The zero-order chi connectivity index (χ0) is 23.8. The molecule has 0 radical (unpaired) electrons. The lowest BCUT2D eigenvalue weighted by Crippen LogP contribution is -2.46. The number of rotatable bonds is 4. The van der Waals surface area contributed by atoms with Crippen molar-refractivity contribution in [3.63, 3.8) is 0 Å². The third-order valence-corrected chi connectivity index (χ3v) is 5.96. The molecule has 0 saturated carbocycles. The largest absolute Gasteiger partial charge is 0.334 e. The van der Waals surface area contributed by atoms with E-state index in [4.69, 9.17) is 16.1 Å². The summed E-state index contributed by atoms with van der Waals surface area (Å²) in [7, 11) is 0. The van der Waals surface area contributed by atoms with Crippen LogP contribution < -0.4 is 10.2 Å². The molecule has 0 spiro atoms. The van der Waals surface area contributed by atoms with Gasteiger partial charge in [-0.2, -0.15) is 4.98 Å². The molecule has 4 aromatic rings. The van der Waals surface area contributed by atoms with Gasteiger partial charge in [-0.1, -0.05) is 52.7 Å². The summed E-state index contributed by atoms with van der Waals surface area (Å²) < 4.78 is 19.3. The van der Waals surface area contributed by atoms with Gasteiger partial charge < -0.3 is 9.84 Å². The first kappa shape index (κ1) is 21.9. The number of aromatic nitrogens is 2. The number of nitrogens with zero attached hydrogens (tertiary/aromatic N) is 3. The van der Waals surface area contributed by atoms with Crippen LogP contribution in [0.25, 0.3) is 17.0 Å². The number of amides is 2. The molecule has 1 unspecified atom stereocenters. The third kappa shape index (κ3) is 4.06. The fourth-order valence-electron chi connectivity index (χ4n) is 4.06. The van der Waals surface area contributed by atoms with Crippen molar-refractivity contribution < 1.29 is 13.7 Å². The molecule has 0 fully saturated rings. The number of hydrogen-bond acceptors (Lipinski definition) is 4. The summed E-state index contributed by atoms with van der Waals surface area (Å²) in [4.78, 5) is 19.4. The Balaban J connectivity index is 1.65. The second-order valence-electron chi connectivity index (χ2n) is 8.04. The van der Waals surface area contributed by atoms with Gasteiger partial charge in [0.15, 0.2) is 0 Å². The van der Waals surface area contributed by atoms with E-state index in [2.05, 4.69) is 15.5 Å². The second-order valence-corrected chi connectivity index (χ2v) is 8.47. The van der Waals surface area contributed by atoms with Crippen LogP contribution >= 0.6 is 11.6 Å². The average Bonchev–Trinajstić information content (AvgIpc) is 3.30. The monoisotopic (exact) mass is 474 g/mol. The van der Waals surface area contributed by atoms with Crippen molar-refractivity contribution >= 4 is 28.9 Å². The van der Waals surface area contributed by atoms with E-state index < -0.39 is 6.04 Å². The van der Waals surface area contributed by atoms with E-state index in [1.54, 1.807) is 36.4 Å². The van der Waals surface area contributed by atoms with Crippen LogP contribution in [0.5, 0.6) is 0 Å². The molecule has 2 amide bonds. The van der Waals surface area contributed by atoms with Gasteiger partial charge in [-0.15, -0.1) is 0 Å². The van der Waals surface area contributed by atoms with Gasteiger partial charge in [0.2, 0.25) is 5.82 Å². The predicted octanol–water partition coefficient (Wildman–Crippen LogP) is 6.54. The van der Waals surface area contributed by atoms with Crippen molar-refractivity contribution in [3.05, 3.63) is 106 Å². The molecule has 3 aromatic carbocycles. The minimum Gasteiger partial charge on any atom is -0.334 e. The number of aryl methyl sites for hydroxylation is 1. The Labute approximate surface area is 200 Å². The van der Waals surface area contributed by atoms with E-state index in [-0.39, 0.29) is 17.7 Å². The highest BCUT2D eigenvalue weighted by Gasteiger charge is 2.36. The van der Waals surface area contributed by atoms with Crippen LogP contribution in [0.15, 0.2) is 83.0 Å². The molecule has 1 aliphatic rings. The number of allylic oxidation sites excluding steroid dienone is 1. The molecule has 34 heavy (non-hydrogen) atoms. The summed E-state index contributed by atoms with van der Waals surface area (Å²) in [5, 5.41) is 7.74. The Hall–Kier alpha value is -3.97. The van der Waals surface area contributed by atoms with E-state index in [1.165, 1.54) is 17.0 Å². The lowest BCUT2D eigenvalue weighted by molar-refractivity contribution is 0.244. The summed E-state index contributed by atoms with van der Waals surface area (Å²) in [6.45, 7) is 3.80. The molecule has 0 saturated heterocycles. The maximum atomic E-state index is 13.6. The average molecular weight is 475 g/mol. The number of urea groups is 1. The van der Waals surface area contributed by atoms with Gasteiger partial charge in [-0.25, -0.2) is 9.18 Å². The van der Waals surface area contributed by atoms with E-state index >= 15 is 0 Å². The fourth-order valence-corrected chi connectivity index (χ4v) is 4.19. The van der Waals surface area contributed by atoms with Gasteiger partial charge in [0.05, 0.1) is 17.3 Å². The molecule has 1 N–H and O–H groups in total. The van der Waals surface area contributed by atoms with Crippen molar-refractivity contribution in [2.45, 2.75) is 19.9 Å². The summed E-state index contributed by atoms with van der Waals surface area (Å²) in [5.74, 6) is 0.338. The Morgan fingerprint density at radius 1 is 1.03 bits per heavy atom. The second kappa shape index (κ2) is 8.76. The molecule has 5 rings (SSSR count). The lowest BCUT2D eigenvalue weighted by atomic mass is 9.94. The first-order valence-electron chi connectivity index (χ1n) is 10.6. The normalized spacial score (nSPS) is 16.1. The summed E-state index contributed by atoms with van der Waals surface area (Å²) in [5.41, 5.74) is 4.44. The number of hydrogen-bond donors (Lipinski definition) is 1. The first-order chi connectivity index (χ1) is 16.4. The zero-order valence-corrected chi connectivity index (χ0v) is 19.2. The third-order valence-electron chi connectivity index (χ3n) is 5.71. The molecule has 1 aromatic heterocycles. The van der Waals surface area contributed by atoms with Crippen LogP contribution in [0.2, 0.25) is 5.02 Å². The van der Waals surface area contributed by atoms with Gasteiger partial charge in [0, 0.05) is 16.3 Å². The number of benzene rings is 3. The summed E-state index contributed by atoms with van der Waals surface area (Å²) >= 11 is 6.04. The zero-order valence-electron chi connectivity index (χ0n) is 18.4.